The summed E-state index contributed by atoms with van der Waals surface area (Å²) in [5.41, 5.74) is 0. The van der Waals surface area contributed by atoms with Crippen molar-refractivity contribution in [2.24, 2.45) is 0 Å². The summed E-state index contributed by atoms with van der Waals surface area (Å²) in [6, 6.07) is 0. The lowest BCUT2D eigenvalue weighted by molar-refractivity contribution is -0.401. The molecule has 3 nitrogen and oxygen atoms in total. The lowest BCUT2D eigenvalue weighted by atomic mass is 10.0. The highest BCUT2D eigenvalue weighted by atomic mass is 16.9. The number of rotatable bonds is 6. The van der Waals surface area contributed by atoms with Crippen LogP contribution in [0.15, 0.2) is 0 Å². The van der Waals surface area contributed by atoms with Crippen LogP contribution in [0.2, 0.25) is 0 Å². The highest BCUT2D eigenvalue weighted by Crippen LogP contribution is 2.32. The molecule has 3 heteroatoms. The molecule has 1 fully saturated rings. The highest BCUT2D eigenvalue weighted by molar-refractivity contribution is 4.71. The Hall–Kier alpha value is -0.120. The van der Waals surface area contributed by atoms with Crippen molar-refractivity contribution in [3.63, 3.8) is 0 Å². The van der Waals surface area contributed by atoms with Crippen LogP contribution in [-0.4, -0.2) is 18.9 Å². The molecule has 1 rings (SSSR count). The Kier molecular flexibility index (Phi) is 5.58. The van der Waals surface area contributed by atoms with Crippen molar-refractivity contribution in [3.8, 4) is 0 Å². The Bertz CT molecular complexity index is 157. The molecule has 0 N–H and O–H groups in total. The molecule has 0 radical (unpaired) electrons. The molecule has 1 aliphatic heterocycles. The lowest BCUT2D eigenvalue weighted by Crippen LogP contribution is -2.45. The predicted octanol–water partition coefficient (Wildman–Crippen LogP) is 3.43. The highest BCUT2D eigenvalue weighted by Gasteiger charge is 2.37. The van der Waals surface area contributed by atoms with Gasteiger partial charge in [-0.25, -0.2) is 0 Å². The SMILES string of the molecule is CCCC1OCOC(CCC)(CCC)O1. The van der Waals surface area contributed by atoms with Gasteiger partial charge in [0.15, 0.2) is 18.9 Å². The molecule has 0 amide bonds. The van der Waals surface area contributed by atoms with E-state index in [9.17, 15) is 0 Å². The topological polar surface area (TPSA) is 27.7 Å². The Morgan fingerprint density at radius 3 is 2.27 bits per heavy atom. The fraction of sp³-hybridized carbons (Fsp3) is 1.00. The third kappa shape index (κ3) is 3.74. The van der Waals surface area contributed by atoms with Gasteiger partial charge in [0.2, 0.25) is 0 Å². The minimum absolute atomic E-state index is 0.0677. The fourth-order valence-electron chi connectivity index (χ4n) is 2.05. The second-order valence-electron chi connectivity index (χ2n) is 4.18. The van der Waals surface area contributed by atoms with E-state index in [0.717, 1.165) is 38.5 Å². The Morgan fingerprint density at radius 1 is 1.07 bits per heavy atom. The molecule has 0 aliphatic carbocycles. The first-order valence-corrected chi connectivity index (χ1v) is 6.19. The fourth-order valence-corrected chi connectivity index (χ4v) is 2.05. The van der Waals surface area contributed by atoms with Gasteiger partial charge in [0.25, 0.3) is 0 Å². The summed E-state index contributed by atoms with van der Waals surface area (Å²) >= 11 is 0. The van der Waals surface area contributed by atoms with Crippen LogP contribution < -0.4 is 0 Å². The summed E-state index contributed by atoms with van der Waals surface area (Å²) in [5, 5.41) is 0. The number of hydrogen-bond acceptors (Lipinski definition) is 3. The third-order valence-corrected chi connectivity index (χ3v) is 2.71. The molecular weight excluding hydrogens is 192 g/mol. The first-order valence-electron chi connectivity index (χ1n) is 6.19. The molecule has 90 valence electrons. The van der Waals surface area contributed by atoms with E-state index in [1.165, 1.54) is 0 Å². The van der Waals surface area contributed by atoms with Crippen molar-refractivity contribution >= 4 is 0 Å². The molecule has 0 aromatic rings. The van der Waals surface area contributed by atoms with E-state index in [1.807, 2.05) is 0 Å². The maximum absolute atomic E-state index is 5.95. The van der Waals surface area contributed by atoms with Crippen molar-refractivity contribution in [1.29, 1.82) is 0 Å². The summed E-state index contributed by atoms with van der Waals surface area (Å²) in [5.74, 6) is -0.373. The van der Waals surface area contributed by atoms with Crippen molar-refractivity contribution in [2.45, 2.75) is 71.4 Å². The summed E-state index contributed by atoms with van der Waals surface area (Å²) < 4.78 is 17.1. The van der Waals surface area contributed by atoms with Gasteiger partial charge in [-0.2, -0.15) is 0 Å². The molecule has 0 saturated carbocycles. The van der Waals surface area contributed by atoms with Crippen LogP contribution in [0.25, 0.3) is 0 Å². The van der Waals surface area contributed by atoms with E-state index in [4.69, 9.17) is 14.2 Å². The summed E-state index contributed by atoms with van der Waals surface area (Å²) in [6.45, 7) is 6.84. The van der Waals surface area contributed by atoms with E-state index < -0.39 is 0 Å². The third-order valence-electron chi connectivity index (χ3n) is 2.71. The van der Waals surface area contributed by atoms with E-state index in [-0.39, 0.29) is 12.1 Å². The van der Waals surface area contributed by atoms with Crippen LogP contribution in [0.3, 0.4) is 0 Å². The van der Waals surface area contributed by atoms with Gasteiger partial charge in [-0.15, -0.1) is 0 Å². The molecule has 0 bridgehead atoms. The van der Waals surface area contributed by atoms with Crippen molar-refractivity contribution in [3.05, 3.63) is 0 Å². The van der Waals surface area contributed by atoms with Gasteiger partial charge < -0.3 is 14.2 Å². The zero-order valence-electron chi connectivity index (χ0n) is 10.3. The predicted molar refractivity (Wildman–Crippen MR) is 59.4 cm³/mol. The van der Waals surface area contributed by atoms with Crippen LogP contribution in [0.4, 0.5) is 0 Å². The minimum atomic E-state index is -0.373. The molecule has 1 aliphatic rings. The lowest BCUT2D eigenvalue weighted by Gasteiger charge is -2.40. The van der Waals surface area contributed by atoms with Gasteiger partial charge in [0.05, 0.1) is 0 Å². The molecule has 0 spiro atoms. The Balaban J connectivity index is 2.53. The monoisotopic (exact) mass is 216 g/mol. The normalized spacial score (nSPS) is 25.4. The average Bonchev–Trinajstić information content (AvgIpc) is 2.19. The molecule has 0 aromatic heterocycles. The Morgan fingerprint density at radius 2 is 1.73 bits per heavy atom. The minimum Gasteiger partial charge on any atom is -0.326 e. The first-order chi connectivity index (χ1) is 7.26. The summed E-state index contributed by atoms with van der Waals surface area (Å²) in [7, 11) is 0. The van der Waals surface area contributed by atoms with E-state index in [1.54, 1.807) is 0 Å². The van der Waals surface area contributed by atoms with E-state index in [2.05, 4.69) is 20.8 Å². The van der Waals surface area contributed by atoms with Gasteiger partial charge in [-0.05, 0) is 6.42 Å². The molecule has 15 heavy (non-hydrogen) atoms. The Labute approximate surface area is 93.1 Å². The van der Waals surface area contributed by atoms with Crippen LogP contribution in [0.5, 0.6) is 0 Å². The van der Waals surface area contributed by atoms with Gasteiger partial charge in [0.1, 0.15) is 0 Å². The number of hydrogen-bond donors (Lipinski definition) is 0. The molecule has 0 aromatic carbocycles. The zero-order chi connectivity index (χ0) is 11.1. The number of ether oxygens (including phenoxy) is 3. The first kappa shape index (κ1) is 12.9. The van der Waals surface area contributed by atoms with E-state index in [0.29, 0.717) is 6.79 Å². The summed E-state index contributed by atoms with van der Waals surface area (Å²) in [4.78, 5) is 0. The second kappa shape index (κ2) is 6.46. The average molecular weight is 216 g/mol. The maximum Gasteiger partial charge on any atom is 0.174 e. The summed E-state index contributed by atoms with van der Waals surface area (Å²) in [6.07, 6.45) is 6.06. The molecule has 1 atom stereocenters. The molecule has 1 unspecified atom stereocenters. The van der Waals surface area contributed by atoms with Crippen molar-refractivity contribution in [2.75, 3.05) is 6.79 Å². The quantitative estimate of drug-likeness (QED) is 0.680. The van der Waals surface area contributed by atoms with Gasteiger partial charge >= 0.3 is 0 Å². The van der Waals surface area contributed by atoms with Crippen LogP contribution in [-0.2, 0) is 14.2 Å². The molecule has 1 heterocycles. The van der Waals surface area contributed by atoms with Crippen LogP contribution in [0.1, 0.15) is 59.3 Å². The van der Waals surface area contributed by atoms with E-state index >= 15 is 0 Å². The standard InChI is InChI=1S/C12H24O3/c1-4-7-11-13-10-14-12(15-11,8-5-2)9-6-3/h11H,4-10H2,1-3H3. The van der Waals surface area contributed by atoms with Crippen molar-refractivity contribution < 1.29 is 14.2 Å². The largest absolute Gasteiger partial charge is 0.326 e. The van der Waals surface area contributed by atoms with Crippen LogP contribution in [0, 0.1) is 0 Å². The smallest absolute Gasteiger partial charge is 0.174 e. The molecule has 1 saturated heterocycles. The maximum atomic E-state index is 5.95. The van der Waals surface area contributed by atoms with Crippen molar-refractivity contribution in [1.82, 2.24) is 0 Å². The van der Waals surface area contributed by atoms with Crippen LogP contribution >= 0.6 is 0 Å². The van der Waals surface area contributed by atoms with Gasteiger partial charge in [-0.1, -0.05) is 40.0 Å². The molecular formula is C12H24O3. The second-order valence-corrected chi connectivity index (χ2v) is 4.18. The van der Waals surface area contributed by atoms with Gasteiger partial charge in [-0.3, -0.25) is 0 Å². The zero-order valence-corrected chi connectivity index (χ0v) is 10.3. The van der Waals surface area contributed by atoms with Gasteiger partial charge in [0, 0.05) is 12.8 Å².